The fraction of sp³-hybridized carbons (Fsp3) is 0.278. The summed E-state index contributed by atoms with van der Waals surface area (Å²) < 4.78 is 0. The summed E-state index contributed by atoms with van der Waals surface area (Å²) in [4.78, 5) is 14.0. The van der Waals surface area contributed by atoms with E-state index in [1.54, 1.807) is 6.92 Å². The number of nitrogens with zero attached hydrogens (tertiary/aromatic N) is 1. The number of rotatable bonds is 5. The summed E-state index contributed by atoms with van der Waals surface area (Å²) in [6.07, 6.45) is 0.761. The molecule has 0 saturated carbocycles. The molecule has 0 spiro atoms. The molecule has 2 aromatic carbocycles. The van der Waals surface area contributed by atoms with E-state index >= 15 is 0 Å². The van der Waals surface area contributed by atoms with Crippen LogP contribution in [0, 0.1) is 0 Å². The largest absolute Gasteiger partial charge is 0.378 e. The summed E-state index contributed by atoms with van der Waals surface area (Å²) in [5.74, 6) is 0.153. The second-order valence-electron chi connectivity index (χ2n) is 5.34. The molecule has 0 heterocycles. The lowest BCUT2D eigenvalue weighted by molar-refractivity contribution is -0.118. The first kappa shape index (κ1) is 14.3. The van der Waals surface area contributed by atoms with Crippen molar-refractivity contribution >= 4 is 11.5 Å². The SMILES string of the molecule is CC(=O)C(Cc1ccccc1)c1ccc(N(C)C)cc1. The Morgan fingerprint density at radius 2 is 1.60 bits per heavy atom. The van der Waals surface area contributed by atoms with E-state index in [0.29, 0.717) is 0 Å². The molecule has 0 amide bonds. The minimum Gasteiger partial charge on any atom is -0.378 e. The normalized spacial score (nSPS) is 11.9. The number of ketones is 1. The number of carbonyl (C=O) groups is 1. The standard InChI is InChI=1S/C18H21NO/c1-14(20)18(13-15-7-5-4-6-8-15)16-9-11-17(12-10-16)19(2)3/h4-12,18H,13H2,1-3H3. The van der Waals surface area contributed by atoms with E-state index in [1.165, 1.54) is 5.56 Å². The van der Waals surface area contributed by atoms with Crippen molar-refractivity contribution in [3.63, 3.8) is 0 Å². The van der Waals surface area contributed by atoms with Crippen LogP contribution in [0.15, 0.2) is 54.6 Å². The average molecular weight is 267 g/mol. The Hall–Kier alpha value is -2.09. The van der Waals surface area contributed by atoms with Crippen molar-refractivity contribution < 1.29 is 4.79 Å². The number of carbonyl (C=O) groups excluding carboxylic acids is 1. The van der Waals surface area contributed by atoms with Crippen molar-refractivity contribution in [1.29, 1.82) is 0 Å². The first-order valence-corrected chi connectivity index (χ1v) is 6.89. The molecule has 0 saturated heterocycles. The van der Waals surface area contributed by atoms with Crippen LogP contribution in [0.1, 0.15) is 24.0 Å². The third kappa shape index (κ3) is 3.47. The third-order valence-corrected chi connectivity index (χ3v) is 3.59. The van der Waals surface area contributed by atoms with Crippen molar-refractivity contribution in [3.05, 3.63) is 65.7 Å². The van der Waals surface area contributed by atoms with Gasteiger partial charge in [0.1, 0.15) is 5.78 Å². The van der Waals surface area contributed by atoms with E-state index in [2.05, 4.69) is 41.3 Å². The van der Waals surface area contributed by atoms with Gasteiger partial charge in [-0.2, -0.15) is 0 Å². The number of Topliss-reactive ketones (excluding diaryl/α,β-unsaturated/α-hetero) is 1. The highest BCUT2D eigenvalue weighted by Crippen LogP contribution is 2.24. The van der Waals surface area contributed by atoms with Crippen molar-refractivity contribution in [2.75, 3.05) is 19.0 Å². The van der Waals surface area contributed by atoms with Gasteiger partial charge in [0.15, 0.2) is 0 Å². The smallest absolute Gasteiger partial charge is 0.137 e. The molecule has 0 aromatic heterocycles. The minimum absolute atomic E-state index is 0.0615. The van der Waals surface area contributed by atoms with Crippen LogP contribution >= 0.6 is 0 Å². The maximum absolute atomic E-state index is 12.0. The maximum Gasteiger partial charge on any atom is 0.137 e. The van der Waals surface area contributed by atoms with Crippen LogP contribution in [-0.4, -0.2) is 19.9 Å². The predicted octanol–water partition coefficient (Wildman–Crippen LogP) is 3.67. The quantitative estimate of drug-likeness (QED) is 0.824. The van der Waals surface area contributed by atoms with Gasteiger partial charge in [-0.05, 0) is 36.6 Å². The van der Waals surface area contributed by atoms with Gasteiger partial charge < -0.3 is 4.90 Å². The highest BCUT2D eigenvalue weighted by atomic mass is 16.1. The number of anilines is 1. The lowest BCUT2D eigenvalue weighted by Crippen LogP contribution is -2.13. The predicted molar refractivity (Wildman–Crippen MR) is 84.3 cm³/mol. The molecular formula is C18H21NO. The van der Waals surface area contributed by atoms with E-state index in [9.17, 15) is 4.79 Å². The molecule has 104 valence electrons. The van der Waals surface area contributed by atoms with Crippen LogP contribution in [0.2, 0.25) is 0 Å². The average Bonchev–Trinajstić information content (AvgIpc) is 2.45. The summed E-state index contributed by atoms with van der Waals surface area (Å²) in [6, 6.07) is 18.4. The Bertz CT molecular complexity index is 558. The van der Waals surface area contributed by atoms with Gasteiger partial charge in [0.05, 0.1) is 0 Å². The molecule has 0 bridgehead atoms. The topological polar surface area (TPSA) is 20.3 Å². The van der Waals surface area contributed by atoms with Gasteiger partial charge in [-0.1, -0.05) is 42.5 Å². The summed E-state index contributed by atoms with van der Waals surface area (Å²) in [5.41, 5.74) is 3.44. The first-order chi connectivity index (χ1) is 9.58. The lowest BCUT2D eigenvalue weighted by Gasteiger charge is -2.17. The lowest BCUT2D eigenvalue weighted by atomic mass is 9.89. The highest BCUT2D eigenvalue weighted by molar-refractivity contribution is 5.83. The summed E-state index contributed by atoms with van der Waals surface area (Å²) in [5, 5.41) is 0. The molecule has 0 aliphatic heterocycles. The van der Waals surface area contributed by atoms with Crippen LogP contribution in [0.4, 0.5) is 5.69 Å². The molecule has 2 heteroatoms. The molecule has 0 aliphatic rings. The van der Waals surface area contributed by atoms with Crippen LogP contribution < -0.4 is 4.90 Å². The fourth-order valence-corrected chi connectivity index (χ4v) is 2.35. The number of hydrogen-bond acceptors (Lipinski definition) is 2. The minimum atomic E-state index is -0.0615. The molecule has 2 nitrogen and oxygen atoms in total. The monoisotopic (exact) mass is 267 g/mol. The van der Waals surface area contributed by atoms with Crippen LogP contribution in [0.5, 0.6) is 0 Å². The van der Waals surface area contributed by atoms with Gasteiger partial charge >= 0.3 is 0 Å². The first-order valence-electron chi connectivity index (χ1n) is 6.89. The zero-order valence-electron chi connectivity index (χ0n) is 12.3. The Balaban J connectivity index is 2.22. The summed E-state index contributed by atoms with van der Waals surface area (Å²) in [6.45, 7) is 1.67. The van der Waals surface area contributed by atoms with Gasteiger partial charge in [0, 0.05) is 25.7 Å². The van der Waals surface area contributed by atoms with Crippen LogP contribution in [-0.2, 0) is 11.2 Å². The van der Waals surface area contributed by atoms with Gasteiger partial charge in [0.25, 0.3) is 0 Å². The Morgan fingerprint density at radius 3 is 2.10 bits per heavy atom. The molecule has 2 rings (SSSR count). The van der Waals surface area contributed by atoms with E-state index in [0.717, 1.165) is 17.7 Å². The molecular weight excluding hydrogens is 246 g/mol. The van der Waals surface area contributed by atoms with Gasteiger partial charge in [-0.15, -0.1) is 0 Å². The molecule has 1 unspecified atom stereocenters. The van der Waals surface area contributed by atoms with Crippen molar-refractivity contribution in [2.45, 2.75) is 19.3 Å². The summed E-state index contributed by atoms with van der Waals surface area (Å²) in [7, 11) is 4.03. The van der Waals surface area contributed by atoms with Crippen molar-refractivity contribution in [2.24, 2.45) is 0 Å². The Kier molecular flexibility index (Phi) is 4.57. The molecule has 0 fully saturated rings. The van der Waals surface area contributed by atoms with E-state index < -0.39 is 0 Å². The second-order valence-corrected chi connectivity index (χ2v) is 5.34. The van der Waals surface area contributed by atoms with Crippen LogP contribution in [0.3, 0.4) is 0 Å². The number of hydrogen-bond donors (Lipinski definition) is 0. The molecule has 20 heavy (non-hydrogen) atoms. The van der Waals surface area contributed by atoms with Gasteiger partial charge in [-0.3, -0.25) is 4.79 Å². The second kappa shape index (κ2) is 6.38. The molecule has 1 atom stereocenters. The van der Waals surface area contributed by atoms with E-state index in [4.69, 9.17) is 0 Å². The van der Waals surface area contributed by atoms with Gasteiger partial charge in [-0.25, -0.2) is 0 Å². The van der Waals surface area contributed by atoms with Crippen molar-refractivity contribution in [1.82, 2.24) is 0 Å². The Labute approximate surface area is 121 Å². The summed E-state index contributed by atoms with van der Waals surface area (Å²) >= 11 is 0. The fourth-order valence-electron chi connectivity index (χ4n) is 2.35. The highest BCUT2D eigenvalue weighted by Gasteiger charge is 2.17. The number of benzene rings is 2. The third-order valence-electron chi connectivity index (χ3n) is 3.59. The van der Waals surface area contributed by atoms with Crippen molar-refractivity contribution in [3.8, 4) is 0 Å². The molecule has 2 aromatic rings. The zero-order valence-corrected chi connectivity index (χ0v) is 12.3. The van der Waals surface area contributed by atoms with Crippen LogP contribution in [0.25, 0.3) is 0 Å². The maximum atomic E-state index is 12.0. The van der Waals surface area contributed by atoms with E-state index in [-0.39, 0.29) is 11.7 Å². The van der Waals surface area contributed by atoms with Gasteiger partial charge in [0.2, 0.25) is 0 Å². The zero-order chi connectivity index (χ0) is 14.5. The van der Waals surface area contributed by atoms with E-state index in [1.807, 2.05) is 32.3 Å². The molecule has 0 aliphatic carbocycles. The molecule has 0 radical (unpaired) electrons. The Morgan fingerprint density at radius 1 is 1.00 bits per heavy atom. The molecule has 0 N–H and O–H groups in total.